The van der Waals surface area contributed by atoms with E-state index in [0.717, 1.165) is 38.4 Å². The van der Waals surface area contributed by atoms with Crippen molar-refractivity contribution >= 4 is 0 Å². The number of β-amino-alcohol motifs (C(OH)–C–C–N with tert-alkyl or cyclic N) is 1. The van der Waals surface area contributed by atoms with Crippen LogP contribution in [0.25, 0.3) is 0 Å². The van der Waals surface area contributed by atoms with Gasteiger partial charge in [0, 0.05) is 19.7 Å². The molecule has 1 aliphatic rings. The molecule has 0 amide bonds. The molecule has 1 aliphatic heterocycles. The fourth-order valence-electron chi connectivity index (χ4n) is 3.05. The number of ether oxygens (including phenoxy) is 1. The Labute approximate surface area is 122 Å². The van der Waals surface area contributed by atoms with Crippen molar-refractivity contribution in [2.24, 2.45) is 5.92 Å². The minimum absolute atomic E-state index is 0.389. The Morgan fingerprint density at radius 2 is 2.00 bits per heavy atom. The van der Waals surface area contributed by atoms with Gasteiger partial charge in [-0.2, -0.15) is 0 Å². The quantitative estimate of drug-likeness (QED) is 0.868. The Bertz CT molecular complexity index is 413. The molecule has 112 valence electrons. The summed E-state index contributed by atoms with van der Waals surface area (Å²) in [5.41, 5.74) is 3.47. The van der Waals surface area contributed by atoms with E-state index in [1.807, 2.05) is 6.92 Å². The normalized spacial score (nSPS) is 21.3. The number of hydrogen-bond donors (Lipinski definition) is 1. The lowest BCUT2D eigenvalue weighted by Gasteiger charge is -2.21. The maximum atomic E-state index is 10.4. The number of aliphatic hydroxyl groups excluding tert-OH is 1. The fourth-order valence-corrected chi connectivity index (χ4v) is 3.05. The van der Waals surface area contributed by atoms with Gasteiger partial charge in [-0.15, -0.1) is 0 Å². The van der Waals surface area contributed by atoms with Crippen molar-refractivity contribution in [1.29, 1.82) is 0 Å². The standard InChI is InChI=1S/C17H27NO2/c1-4-20-12-15-5-6-18(10-15)11-17(19)16-8-13(2)7-14(3)9-16/h7-9,15,17,19H,4-6,10-12H2,1-3H3. The summed E-state index contributed by atoms with van der Waals surface area (Å²) in [6.07, 6.45) is 0.791. The van der Waals surface area contributed by atoms with E-state index in [1.165, 1.54) is 17.5 Å². The first-order valence-corrected chi connectivity index (χ1v) is 7.65. The number of likely N-dealkylation sites (tertiary alicyclic amines) is 1. The van der Waals surface area contributed by atoms with Crippen LogP contribution in [-0.4, -0.2) is 42.9 Å². The van der Waals surface area contributed by atoms with Crippen molar-refractivity contribution in [3.05, 3.63) is 34.9 Å². The first-order chi connectivity index (χ1) is 9.58. The highest BCUT2D eigenvalue weighted by Crippen LogP contribution is 2.22. The van der Waals surface area contributed by atoms with Gasteiger partial charge in [0.2, 0.25) is 0 Å². The number of aliphatic hydroxyl groups is 1. The van der Waals surface area contributed by atoms with Gasteiger partial charge in [0.1, 0.15) is 0 Å². The van der Waals surface area contributed by atoms with E-state index < -0.39 is 0 Å². The largest absolute Gasteiger partial charge is 0.387 e. The zero-order chi connectivity index (χ0) is 14.5. The van der Waals surface area contributed by atoms with Crippen LogP contribution in [0, 0.1) is 19.8 Å². The topological polar surface area (TPSA) is 32.7 Å². The lowest BCUT2D eigenvalue weighted by atomic mass is 10.0. The smallest absolute Gasteiger partial charge is 0.0917 e. The summed E-state index contributed by atoms with van der Waals surface area (Å²) in [6, 6.07) is 6.32. The second-order valence-electron chi connectivity index (χ2n) is 6.01. The predicted octanol–water partition coefficient (Wildman–Crippen LogP) is 2.70. The predicted molar refractivity (Wildman–Crippen MR) is 81.9 cm³/mol. The van der Waals surface area contributed by atoms with Crippen molar-refractivity contribution in [1.82, 2.24) is 4.90 Å². The highest BCUT2D eigenvalue weighted by atomic mass is 16.5. The van der Waals surface area contributed by atoms with E-state index in [1.54, 1.807) is 0 Å². The van der Waals surface area contributed by atoms with Crippen LogP contribution in [0.2, 0.25) is 0 Å². The van der Waals surface area contributed by atoms with E-state index >= 15 is 0 Å². The van der Waals surface area contributed by atoms with Gasteiger partial charge in [-0.1, -0.05) is 29.3 Å². The van der Waals surface area contributed by atoms with Crippen LogP contribution in [0.1, 0.15) is 36.1 Å². The summed E-state index contributed by atoms with van der Waals surface area (Å²) in [4.78, 5) is 2.35. The Morgan fingerprint density at radius 3 is 2.65 bits per heavy atom. The van der Waals surface area contributed by atoms with E-state index in [-0.39, 0.29) is 6.10 Å². The Hall–Kier alpha value is -0.900. The summed E-state index contributed by atoms with van der Waals surface area (Å²) in [5, 5.41) is 10.4. The van der Waals surface area contributed by atoms with Gasteiger partial charge < -0.3 is 14.7 Å². The van der Waals surface area contributed by atoms with E-state index in [9.17, 15) is 5.11 Å². The molecule has 0 bridgehead atoms. The fraction of sp³-hybridized carbons (Fsp3) is 0.647. The molecule has 1 fully saturated rings. The average molecular weight is 277 g/mol. The van der Waals surface area contributed by atoms with Crippen molar-refractivity contribution in [3.63, 3.8) is 0 Å². The lowest BCUT2D eigenvalue weighted by Crippen LogP contribution is -2.27. The Morgan fingerprint density at radius 1 is 1.30 bits per heavy atom. The molecule has 3 nitrogen and oxygen atoms in total. The monoisotopic (exact) mass is 277 g/mol. The number of nitrogens with zero attached hydrogens (tertiary/aromatic N) is 1. The van der Waals surface area contributed by atoms with Crippen molar-refractivity contribution < 1.29 is 9.84 Å². The summed E-state index contributed by atoms with van der Waals surface area (Å²) < 4.78 is 5.50. The van der Waals surface area contributed by atoms with Crippen LogP contribution >= 0.6 is 0 Å². The minimum Gasteiger partial charge on any atom is -0.387 e. The maximum absolute atomic E-state index is 10.4. The number of rotatable bonds is 6. The Kier molecular flexibility index (Phi) is 5.58. The SMILES string of the molecule is CCOCC1CCN(CC(O)c2cc(C)cc(C)c2)C1. The van der Waals surface area contributed by atoms with E-state index in [4.69, 9.17) is 4.74 Å². The molecule has 0 spiro atoms. The molecule has 0 saturated carbocycles. The average Bonchev–Trinajstić information content (AvgIpc) is 2.82. The molecule has 20 heavy (non-hydrogen) atoms. The van der Waals surface area contributed by atoms with Crippen LogP contribution < -0.4 is 0 Å². The third-order valence-electron chi connectivity index (χ3n) is 3.99. The molecule has 0 aromatic heterocycles. The van der Waals surface area contributed by atoms with Gasteiger partial charge in [-0.25, -0.2) is 0 Å². The summed E-state index contributed by atoms with van der Waals surface area (Å²) in [6.45, 7) is 10.7. The molecule has 1 aromatic carbocycles. The van der Waals surface area contributed by atoms with Crippen LogP contribution in [0.5, 0.6) is 0 Å². The maximum Gasteiger partial charge on any atom is 0.0917 e. The molecule has 0 radical (unpaired) electrons. The van der Waals surface area contributed by atoms with Gasteiger partial charge in [0.25, 0.3) is 0 Å². The molecule has 1 saturated heterocycles. The van der Waals surface area contributed by atoms with Crippen LogP contribution in [0.4, 0.5) is 0 Å². The highest BCUT2D eigenvalue weighted by molar-refractivity contribution is 5.30. The second-order valence-corrected chi connectivity index (χ2v) is 6.01. The zero-order valence-electron chi connectivity index (χ0n) is 12.9. The van der Waals surface area contributed by atoms with Gasteiger partial charge in [0.05, 0.1) is 12.7 Å². The zero-order valence-corrected chi connectivity index (χ0v) is 12.9. The summed E-state index contributed by atoms with van der Waals surface area (Å²) in [5.74, 6) is 0.626. The third-order valence-corrected chi connectivity index (χ3v) is 3.99. The molecule has 1 N–H and O–H groups in total. The second kappa shape index (κ2) is 7.21. The molecule has 1 aromatic rings. The molecule has 3 heteroatoms. The van der Waals surface area contributed by atoms with Crippen molar-refractivity contribution in [2.45, 2.75) is 33.3 Å². The lowest BCUT2D eigenvalue weighted by molar-refractivity contribution is 0.1000. The van der Waals surface area contributed by atoms with Gasteiger partial charge in [-0.3, -0.25) is 0 Å². The molecule has 2 rings (SSSR count). The van der Waals surface area contributed by atoms with Crippen LogP contribution in [0.15, 0.2) is 18.2 Å². The number of hydrogen-bond acceptors (Lipinski definition) is 3. The molecular formula is C17H27NO2. The molecular weight excluding hydrogens is 250 g/mol. The van der Waals surface area contributed by atoms with Crippen LogP contribution in [0.3, 0.4) is 0 Å². The first kappa shape index (κ1) is 15.5. The molecule has 2 atom stereocenters. The van der Waals surface area contributed by atoms with Crippen molar-refractivity contribution in [2.75, 3.05) is 32.8 Å². The van der Waals surface area contributed by atoms with Gasteiger partial charge >= 0.3 is 0 Å². The first-order valence-electron chi connectivity index (χ1n) is 7.65. The molecule has 2 unspecified atom stereocenters. The van der Waals surface area contributed by atoms with E-state index in [2.05, 4.69) is 36.9 Å². The number of aryl methyl sites for hydroxylation is 2. The molecule has 1 heterocycles. The van der Waals surface area contributed by atoms with Crippen molar-refractivity contribution in [3.8, 4) is 0 Å². The van der Waals surface area contributed by atoms with E-state index in [0.29, 0.717) is 5.92 Å². The minimum atomic E-state index is -0.389. The Balaban J connectivity index is 1.87. The van der Waals surface area contributed by atoms with Crippen LogP contribution in [-0.2, 0) is 4.74 Å². The third kappa shape index (κ3) is 4.30. The summed E-state index contributed by atoms with van der Waals surface area (Å²) in [7, 11) is 0. The number of benzene rings is 1. The van der Waals surface area contributed by atoms with Gasteiger partial charge in [0.15, 0.2) is 0 Å². The summed E-state index contributed by atoms with van der Waals surface area (Å²) >= 11 is 0. The highest BCUT2D eigenvalue weighted by Gasteiger charge is 2.24. The molecule has 0 aliphatic carbocycles. The van der Waals surface area contributed by atoms with Gasteiger partial charge in [-0.05, 0) is 45.2 Å².